The van der Waals surface area contributed by atoms with Gasteiger partial charge in [-0.3, -0.25) is 4.79 Å². The van der Waals surface area contributed by atoms with Crippen LogP contribution in [0.15, 0.2) is 36.4 Å². The van der Waals surface area contributed by atoms with E-state index >= 15 is 0 Å². The van der Waals surface area contributed by atoms with E-state index in [2.05, 4.69) is 5.32 Å². The Hall–Kier alpha value is -2.93. The van der Waals surface area contributed by atoms with Crippen molar-refractivity contribution in [1.82, 2.24) is 0 Å². The third-order valence-corrected chi connectivity index (χ3v) is 3.72. The molecule has 2 aromatic rings. The first kappa shape index (κ1) is 20.4. The summed E-state index contributed by atoms with van der Waals surface area (Å²) in [5.74, 6) is 1.60. The number of ether oxygens (including phenoxy) is 5. The van der Waals surface area contributed by atoms with E-state index in [-0.39, 0.29) is 5.91 Å². The van der Waals surface area contributed by atoms with Crippen LogP contribution < -0.4 is 24.3 Å². The Bertz CT molecular complexity index is 737. The molecule has 0 radical (unpaired) electrons. The Labute approximate surface area is 159 Å². The van der Waals surface area contributed by atoms with Crippen LogP contribution in [0.4, 0.5) is 5.69 Å². The summed E-state index contributed by atoms with van der Waals surface area (Å²) in [5.41, 5.74) is 0.995. The molecule has 0 saturated heterocycles. The van der Waals surface area contributed by atoms with Gasteiger partial charge in [0.1, 0.15) is 12.4 Å². The van der Waals surface area contributed by atoms with Crippen LogP contribution in [0.25, 0.3) is 0 Å². The smallest absolute Gasteiger partial charge is 0.255 e. The maximum absolute atomic E-state index is 12.6. The van der Waals surface area contributed by atoms with Gasteiger partial charge in [0.05, 0.1) is 27.9 Å². The number of amides is 1. The summed E-state index contributed by atoms with van der Waals surface area (Å²) in [4.78, 5) is 12.6. The van der Waals surface area contributed by atoms with Crippen molar-refractivity contribution in [3.05, 3.63) is 42.0 Å². The van der Waals surface area contributed by atoms with E-state index in [9.17, 15) is 4.79 Å². The molecule has 146 valence electrons. The Morgan fingerprint density at radius 3 is 2.26 bits per heavy atom. The topological polar surface area (TPSA) is 75.3 Å². The predicted octanol–water partition coefficient (Wildman–Crippen LogP) is 3.38. The van der Waals surface area contributed by atoms with Crippen LogP contribution >= 0.6 is 0 Å². The molecule has 1 N–H and O–H groups in total. The molecule has 7 nitrogen and oxygen atoms in total. The minimum atomic E-state index is -0.305. The van der Waals surface area contributed by atoms with Crippen molar-refractivity contribution in [1.29, 1.82) is 0 Å². The molecule has 0 bridgehead atoms. The summed E-state index contributed by atoms with van der Waals surface area (Å²) in [6.45, 7) is 3.53. The van der Waals surface area contributed by atoms with Crippen molar-refractivity contribution in [2.24, 2.45) is 0 Å². The van der Waals surface area contributed by atoms with Crippen molar-refractivity contribution in [3.8, 4) is 23.0 Å². The highest BCUT2D eigenvalue weighted by Crippen LogP contribution is 2.38. The Kier molecular flexibility index (Phi) is 7.76. The molecule has 0 aliphatic heterocycles. The van der Waals surface area contributed by atoms with E-state index in [1.54, 1.807) is 30.3 Å². The monoisotopic (exact) mass is 375 g/mol. The number of hydrogen-bond donors (Lipinski definition) is 1. The minimum Gasteiger partial charge on any atom is -0.493 e. The van der Waals surface area contributed by atoms with Crippen LogP contribution in [-0.4, -0.2) is 47.1 Å². The highest BCUT2D eigenvalue weighted by molar-refractivity contribution is 6.05. The molecule has 7 heteroatoms. The van der Waals surface area contributed by atoms with Crippen LogP contribution in [0.3, 0.4) is 0 Å². The number of nitrogens with one attached hydrogen (secondary N) is 1. The third kappa shape index (κ3) is 5.52. The number of anilines is 1. The maximum Gasteiger partial charge on any atom is 0.255 e. The van der Waals surface area contributed by atoms with Crippen LogP contribution in [0, 0.1) is 0 Å². The summed E-state index contributed by atoms with van der Waals surface area (Å²) < 4.78 is 26.7. The summed E-state index contributed by atoms with van der Waals surface area (Å²) in [5, 5.41) is 2.84. The lowest BCUT2D eigenvalue weighted by Crippen LogP contribution is -2.13. The van der Waals surface area contributed by atoms with Gasteiger partial charge < -0.3 is 29.0 Å². The number of rotatable bonds is 10. The first-order chi connectivity index (χ1) is 13.1. The third-order valence-electron chi connectivity index (χ3n) is 3.72. The molecule has 0 saturated carbocycles. The minimum absolute atomic E-state index is 0.305. The van der Waals surface area contributed by atoms with Gasteiger partial charge in [0.25, 0.3) is 5.91 Å². The van der Waals surface area contributed by atoms with Gasteiger partial charge in [-0.15, -0.1) is 0 Å². The van der Waals surface area contributed by atoms with Gasteiger partial charge in [-0.2, -0.15) is 0 Å². The van der Waals surface area contributed by atoms with E-state index in [1.165, 1.54) is 21.3 Å². The standard InChI is InChI=1S/C20H25NO6/c1-5-26-9-10-27-16-8-6-7-15(13-16)21-20(22)14-11-17(23-2)19(25-4)18(12-14)24-3/h6-8,11-13H,5,9-10H2,1-4H3,(H,21,22). The zero-order valence-electron chi connectivity index (χ0n) is 16.0. The highest BCUT2D eigenvalue weighted by atomic mass is 16.5. The molecule has 27 heavy (non-hydrogen) atoms. The Balaban J connectivity index is 2.13. The average Bonchev–Trinajstić information content (AvgIpc) is 2.70. The zero-order chi connectivity index (χ0) is 19.6. The fourth-order valence-corrected chi connectivity index (χ4v) is 2.44. The number of methoxy groups -OCH3 is 3. The lowest BCUT2D eigenvalue weighted by molar-refractivity contribution is 0.102. The van der Waals surface area contributed by atoms with Gasteiger partial charge >= 0.3 is 0 Å². The normalized spacial score (nSPS) is 10.2. The summed E-state index contributed by atoms with van der Waals surface area (Å²) in [7, 11) is 4.52. The van der Waals surface area contributed by atoms with Gasteiger partial charge in [-0.05, 0) is 31.2 Å². The summed E-state index contributed by atoms with van der Waals surface area (Å²) >= 11 is 0. The van der Waals surface area contributed by atoms with Crippen molar-refractivity contribution < 1.29 is 28.5 Å². The predicted molar refractivity (Wildman–Crippen MR) is 102 cm³/mol. The number of carbonyl (C=O) groups is 1. The largest absolute Gasteiger partial charge is 0.493 e. The fourth-order valence-electron chi connectivity index (χ4n) is 2.44. The van der Waals surface area contributed by atoms with Crippen molar-refractivity contribution in [3.63, 3.8) is 0 Å². The molecule has 1 amide bonds. The van der Waals surface area contributed by atoms with Crippen molar-refractivity contribution in [2.75, 3.05) is 46.5 Å². The number of carbonyl (C=O) groups excluding carboxylic acids is 1. The van der Waals surface area contributed by atoms with Crippen LogP contribution in [0.2, 0.25) is 0 Å². The molecule has 0 heterocycles. The van der Waals surface area contributed by atoms with Gasteiger partial charge in [0.15, 0.2) is 11.5 Å². The van der Waals surface area contributed by atoms with E-state index in [1.807, 2.05) is 13.0 Å². The van der Waals surface area contributed by atoms with Gasteiger partial charge in [-0.25, -0.2) is 0 Å². The van der Waals surface area contributed by atoms with E-state index in [0.717, 1.165) is 0 Å². The molecule has 2 aromatic carbocycles. The maximum atomic E-state index is 12.6. The van der Waals surface area contributed by atoms with Crippen LogP contribution in [0.1, 0.15) is 17.3 Å². The number of hydrogen-bond acceptors (Lipinski definition) is 6. The molecule has 0 unspecified atom stereocenters. The van der Waals surface area contributed by atoms with Gasteiger partial charge in [0, 0.05) is 23.9 Å². The van der Waals surface area contributed by atoms with Gasteiger partial charge in [0.2, 0.25) is 5.75 Å². The quantitative estimate of drug-likeness (QED) is 0.642. The van der Waals surface area contributed by atoms with Crippen molar-refractivity contribution in [2.45, 2.75) is 6.92 Å². The molecule has 0 aromatic heterocycles. The molecule has 0 fully saturated rings. The molecule has 0 aliphatic rings. The summed E-state index contributed by atoms with van der Waals surface area (Å²) in [6, 6.07) is 10.4. The van der Waals surface area contributed by atoms with E-state index in [0.29, 0.717) is 54.1 Å². The van der Waals surface area contributed by atoms with E-state index < -0.39 is 0 Å². The molecular formula is C20H25NO6. The average molecular weight is 375 g/mol. The first-order valence-corrected chi connectivity index (χ1v) is 8.54. The summed E-state index contributed by atoms with van der Waals surface area (Å²) in [6.07, 6.45) is 0. The molecular weight excluding hydrogens is 350 g/mol. The number of benzene rings is 2. The Morgan fingerprint density at radius 1 is 0.963 bits per heavy atom. The van der Waals surface area contributed by atoms with Crippen LogP contribution in [0.5, 0.6) is 23.0 Å². The first-order valence-electron chi connectivity index (χ1n) is 8.54. The molecule has 0 aliphatic carbocycles. The van der Waals surface area contributed by atoms with E-state index in [4.69, 9.17) is 23.7 Å². The second-order valence-corrected chi connectivity index (χ2v) is 5.44. The Morgan fingerprint density at radius 2 is 1.67 bits per heavy atom. The van der Waals surface area contributed by atoms with Crippen molar-refractivity contribution >= 4 is 11.6 Å². The SMILES string of the molecule is CCOCCOc1cccc(NC(=O)c2cc(OC)c(OC)c(OC)c2)c1. The zero-order valence-corrected chi connectivity index (χ0v) is 16.0. The molecule has 0 spiro atoms. The van der Waals surface area contributed by atoms with Crippen LogP contribution in [-0.2, 0) is 4.74 Å². The highest BCUT2D eigenvalue weighted by Gasteiger charge is 2.17. The lowest BCUT2D eigenvalue weighted by Gasteiger charge is -2.14. The second-order valence-electron chi connectivity index (χ2n) is 5.44. The van der Waals surface area contributed by atoms with Gasteiger partial charge in [-0.1, -0.05) is 6.07 Å². The lowest BCUT2D eigenvalue weighted by atomic mass is 10.1. The second kappa shape index (κ2) is 10.3. The molecule has 2 rings (SSSR count). The molecule has 0 atom stereocenters. The fraction of sp³-hybridized carbons (Fsp3) is 0.350.